The van der Waals surface area contributed by atoms with E-state index in [1.807, 2.05) is 65.8 Å². The molecule has 0 aromatic heterocycles. The number of halogens is 1. The van der Waals surface area contributed by atoms with Crippen LogP contribution in [0.1, 0.15) is 111 Å². The van der Waals surface area contributed by atoms with Crippen molar-refractivity contribution in [3.63, 3.8) is 0 Å². The van der Waals surface area contributed by atoms with Crippen LogP contribution in [0.4, 0.5) is 0 Å². The van der Waals surface area contributed by atoms with E-state index < -0.39 is 71.4 Å². The number of amides is 3. The molecule has 0 bridgehead atoms. The second-order valence-electron chi connectivity index (χ2n) is 18.1. The van der Waals surface area contributed by atoms with Gasteiger partial charge in [-0.3, -0.25) is 24.0 Å². The van der Waals surface area contributed by atoms with Gasteiger partial charge in [-0.1, -0.05) is 96.5 Å². The summed E-state index contributed by atoms with van der Waals surface area (Å²) in [6.45, 7) is 17.9. The number of cyclic esters (lactones) is 2. The molecule has 0 radical (unpaired) electrons. The maximum absolute atomic E-state index is 13.9. The van der Waals surface area contributed by atoms with Gasteiger partial charge in [0.05, 0.1) is 29.7 Å². The second kappa shape index (κ2) is 23.6. The first-order chi connectivity index (χ1) is 29.0. The Morgan fingerprint density at radius 1 is 0.952 bits per heavy atom. The van der Waals surface area contributed by atoms with Gasteiger partial charge in [-0.2, -0.15) is 0 Å². The third kappa shape index (κ3) is 15.3. The zero-order valence-corrected chi connectivity index (χ0v) is 39.0. The number of esters is 2. The van der Waals surface area contributed by atoms with Crippen molar-refractivity contribution in [3.8, 4) is 5.75 Å². The maximum atomic E-state index is 13.9. The third-order valence-corrected chi connectivity index (χ3v) is 12.0. The Labute approximate surface area is 372 Å². The predicted octanol–water partition coefficient (Wildman–Crippen LogP) is 6.45. The molecule has 4 N–H and O–H groups in total. The van der Waals surface area contributed by atoms with E-state index in [-0.39, 0.29) is 61.7 Å². The molecule has 0 fully saturated rings. The highest BCUT2D eigenvalue weighted by atomic mass is 35.5. The fraction of sp³-hybridized carbons (Fsp3) is 0.583. The second-order valence-corrected chi connectivity index (χ2v) is 18.5. The first-order valence-electron chi connectivity index (χ1n) is 21.6. The molecule has 0 unspecified atom stereocenters. The van der Waals surface area contributed by atoms with Gasteiger partial charge in [-0.15, -0.1) is 0 Å². The van der Waals surface area contributed by atoms with Crippen LogP contribution in [0.25, 0.3) is 0 Å². The lowest BCUT2D eigenvalue weighted by molar-refractivity contribution is -0.180. The molecule has 1 heterocycles. The average molecular weight is 883 g/mol. The fourth-order valence-corrected chi connectivity index (χ4v) is 7.17. The van der Waals surface area contributed by atoms with Gasteiger partial charge in [0.2, 0.25) is 17.7 Å². The van der Waals surface area contributed by atoms with Crippen LogP contribution < -0.4 is 20.7 Å². The summed E-state index contributed by atoms with van der Waals surface area (Å²) in [5.41, 5.74) is 1.11. The van der Waals surface area contributed by atoms with Crippen LogP contribution in [0.5, 0.6) is 5.75 Å². The number of benzene rings is 2. The molecule has 2 aromatic carbocycles. The lowest BCUT2D eigenvalue weighted by atomic mass is 9.84. The number of aryl methyl sites for hydroxylation is 1. The van der Waals surface area contributed by atoms with Gasteiger partial charge in [-0.25, -0.2) is 4.79 Å². The molecule has 0 aliphatic carbocycles. The lowest BCUT2D eigenvalue weighted by Gasteiger charge is -2.33. The monoisotopic (exact) mass is 881 g/mol. The van der Waals surface area contributed by atoms with Gasteiger partial charge < -0.3 is 35.3 Å². The Hall–Kier alpha value is -4.75. The molecule has 342 valence electrons. The van der Waals surface area contributed by atoms with Gasteiger partial charge in [0.15, 0.2) is 11.9 Å². The van der Waals surface area contributed by atoms with Gasteiger partial charge in [0.25, 0.3) is 0 Å². The number of hydrogen-bond acceptors (Lipinski definition) is 10. The number of Topliss-reactive ketones (excluding diaryl/α,β-unsaturated/α-hetero) is 1. The van der Waals surface area contributed by atoms with Crippen LogP contribution in [-0.2, 0) is 51.1 Å². The molecule has 8 atom stereocenters. The van der Waals surface area contributed by atoms with E-state index in [9.17, 15) is 33.9 Å². The summed E-state index contributed by atoms with van der Waals surface area (Å²) in [5.74, 6) is -3.58. The Balaban J connectivity index is 1.84. The van der Waals surface area contributed by atoms with Crippen molar-refractivity contribution in [2.24, 2.45) is 29.1 Å². The van der Waals surface area contributed by atoms with E-state index in [1.54, 1.807) is 45.9 Å². The van der Waals surface area contributed by atoms with E-state index in [0.717, 1.165) is 11.1 Å². The maximum Gasteiger partial charge on any atom is 0.347 e. The summed E-state index contributed by atoms with van der Waals surface area (Å²) in [6.07, 6.45) is 0.528. The van der Waals surface area contributed by atoms with Crippen molar-refractivity contribution >= 4 is 47.0 Å². The van der Waals surface area contributed by atoms with Crippen molar-refractivity contribution in [1.29, 1.82) is 0 Å². The normalized spacial score (nSPS) is 22.0. The van der Waals surface area contributed by atoms with Gasteiger partial charge >= 0.3 is 11.9 Å². The van der Waals surface area contributed by atoms with Crippen LogP contribution in [0, 0.1) is 29.1 Å². The molecule has 14 heteroatoms. The molecule has 0 saturated carbocycles. The molecule has 1 aliphatic heterocycles. The van der Waals surface area contributed by atoms with E-state index in [4.69, 9.17) is 25.8 Å². The SMILES string of the molecule is COc1ccc(C[C@@H]2NC(=O)/C=C/C[C@@H]([C@H](C)[C@@H](O)[C@H](C)c3ccc(CCC(=O)[C@H](C)NC(=O)[C@@H](C)C(C)C)cc3)OC(=O)[C@H](CC(C)C)OC(=O)C(C)(C)CNC2=O)cc1Cl. The molecule has 62 heavy (non-hydrogen) atoms. The first kappa shape index (κ1) is 51.6. The van der Waals surface area contributed by atoms with Crippen LogP contribution >= 0.6 is 11.6 Å². The van der Waals surface area contributed by atoms with E-state index in [2.05, 4.69) is 16.0 Å². The quantitative estimate of drug-likeness (QED) is 0.137. The molecule has 0 saturated heterocycles. The number of rotatable bonds is 16. The number of carbonyl (C=O) groups is 6. The molecule has 3 rings (SSSR count). The average Bonchev–Trinajstić information content (AvgIpc) is 3.22. The number of ether oxygens (including phenoxy) is 3. The minimum absolute atomic E-state index is 0.0190. The number of aliphatic hydroxyl groups excluding tert-OH is 1. The highest BCUT2D eigenvalue weighted by molar-refractivity contribution is 6.32. The lowest BCUT2D eigenvalue weighted by Crippen LogP contribution is -2.51. The minimum Gasteiger partial charge on any atom is -0.495 e. The summed E-state index contributed by atoms with van der Waals surface area (Å²) in [4.78, 5) is 79.7. The van der Waals surface area contributed by atoms with Crippen molar-refractivity contribution in [1.82, 2.24) is 16.0 Å². The van der Waals surface area contributed by atoms with Crippen molar-refractivity contribution in [2.75, 3.05) is 13.7 Å². The molecule has 2 aromatic rings. The molecule has 0 spiro atoms. The Morgan fingerprint density at radius 3 is 2.19 bits per heavy atom. The van der Waals surface area contributed by atoms with E-state index >= 15 is 0 Å². The van der Waals surface area contributed by atoms with Crippen LogP contribution in [0.2, 0.25) is 5.02 Å². The number of ketones is 1. The Kier molecular flexibility index (Phi) is 19.7. The topological polar surface area (TPSA) is 186 Å². The molecular formula is C48H68ClN3O10. The van der Waals surface area contributed by atoms with E-state index in [0.29, 0.717) is 22.8 Å². The first-order valence-corrected chi connectivity index (χ1v) is 22.0. The largest absolute Gasteiger partial charge is 0.495 e. The van der Waals surface area contributed by atoms with Crippen molar-refractivity contribution in [2.45, 2.75) is 138 Å². The summed E-state index contributed by atoms with van der Waals surface area (Å²) in [7, 11) is 1.49. The Morgan fingerprint density at radius 2 is 1.60 bits per heavy atom. The number of nitrogens with one attached hydrogen (secondary N) is 3. The third-order valence-electron chi connectivity index (χ3n) is 11.7. The summed E-state index contributed by atoms with van der Waals surface area (Å²) in [5, 5.41) is 20.4. The number of hydrogen-bond donors (Lipinski definition) is 4. The van der Waals surface area contributed by atoms with Gasteiger partial charge in [0.1, 0.15) is 17.9 Å². The van der Waals surface area contributed by atoms with Crippen LogP contribution in [0.15, 0.2) is 54.6 Å². The summed E-state index contributed by atoms with van der Waals surface area (Å²) >= 11 is 6.35. The van der Waals surface area contributed by atoms with Gasteiger partial charge in [-0.05, 0) is 80.3 Å². The predicted molar refractivity (Wildman–Crippen MR) is 238 cm³/mol. The molecule has 13 nitrogen and oxygen atoms in total. The summed E-state index contributed by atoms with van der Waals surface area (Å²) < 4.78 is 17.1. The highest BCUT2D eigenvalue weighted by Gasteiger charge is 2.38. The van der Waals surface area contributed by atoms with Crippen LogP contribution in [0.3, 0.4) is 0 Å². The fourth-order valence-electron chi connectivity index (χ4n) is 6.89. The Bertz CT molecular complexity index is 1900. The van der Waals surface area contributed by atoms with Crippen molar-refractivity contribution < 1.29 is 48.1 Å². The number of methoxy groups -OCH3 is 1. The zero-order chi connectivity index (χ0) is 46.5. The smallest absolute Gasteiger partial charge is 0.347 e. The zero-order valence-electron chi connectivity index (χ0n) is 38.2. The van der Waals surface area contributed by atoms with Crippen molar-refractivity contribution in [3.05, 3.63) is 76.3 Å². The standard InChI is InChI=1S/C48H68ClN3O10/c1-27(2)23-41-46(58)61-39(31(7)43(55)30(6)35-19-15-33(16-20-35)17-21-38(53)32(8)51-44(56)29(5)28(3)4)13-12-14-42(54)52-37(25-34-18-22-40(60-11)36(49)24-34)45(57)50-26-48(9,10)47(59)62-41/h12,14-16,18-20,22,24,27-32,37,39,41,43,55H,13,17,21,23,25-26H2,1-11H3,(H,50,57)(H,51,56)(H,52,54)/b14-12+/t29-,30+,31-,32-,37-,39-,41-,43-/m0/s1. The van der Waals surface area contributed by atoms with Gasteiger partial charge in [0, 0.05) is 43.6 Å². The minimum atomic E-state index is -1.27. The summed E-state index contributed by atoms with van der Waals surface area (Å²) in [6, 6.07) is 11.0. The molecule has 1 aliphatic rings. The van der Waals surface area contributed by atoms with Crippen LogP contribution in [-0.4, -0.2) is 84.6 Å². The molecular weight excluding hydrogens is 814 g/mol. The van der Waals surface area contributed by atoms with E-state index in [1.165, 1.54) is 19.3 Å². The number of carbonyl (C=O) groups excluding carboxylic acids is 6. The molecule has 3 amide bonds. The highest BCUT2D eigenvalue weighted by Crippen LogP contribution is 2.30. The number of aliphatic hydroxyl groups is 1.